The molecule has 4 aromatic carbocycles. The maximum atomic E-state index is 13.0. The van der Waals surface area contributed by atoms with E-state index in [9.17, 15) is 14.4 Å². The summed E-state index contributed by atoms with van der Waals surface area (Å²) in [6, 6.07) is 31.8. The Morgan fingerprint density at radius 3 is 1.77 bits per heavy atom. The van der Waals surface area contributed by atoms with E-state index in [0.29, 0.717) is 39.6 Å². The second kappa shape index (κ2) is 16.8. The molecule has 0 fully saturated rings. The molecule has 222 valence electrons. The molecule has 0 unspecified atom stereocenters. The third-order valence-corrected chi connectivity index (χ3v) is 8.02. The minimum atomic E-state index is -0.154. The van der Waals surface area contributed by atoms with E-state index < -0.39 is 0 Å². The highest BCUT2D eigenvalue weighted by atomic mass is 35.5. The number of carbonyl (C=O) groups excluding carboxylic acids is 3. The molecule has 0 aromatic heterocycles. The Morgan fingerprint density at radius 1 is 0.767 bits per heavy atom. The van der Waals surface area contributed by atoms with Gasteiger partial charge in [-0.1, -0.05) is 79.6 Å². The van der Waals surface area contributed by atoms with Crippen LogP contribution in [-0.4, -0.2) is 36.4 Å². The van der Waals surface area contributed by atoms with Gasteiger partial charge in [0, 0.05) is 54.0 Å². The zero-order chi connectivity index (χ0) is 31.2. The third kappa shape index (κ3) is 11.5. The molecule has 0 N–H and O–H groups in total. The lowest BCUT2D eigenvalue weighted by Gasteiger charge is -2.07. The highest BCUT2D eigenvalue weighted by Gasteiger charge is 2.16. The molecule has 43 heavy (non-hydrogen) atoms. The molecule has 0 radical (unpaired) electrons. The second-order valence-electron chi connectivity index (χ2n) is 10.4. The number of hydrogen-bond donors (Lipinski definition) is 0. The lowest BCUT2D eigenvalue weighted by Crippen LogP contribution is -2.15. The van der Waals surface area contributed by atoms with Crippen molar-refractivity contribution >= 4 is 58.7 Å². The molecule has 4 rings (SSSR count). The van der Waals surface area contributed by atoms with Gasteiger partial charge in [0.1, 0.15) is 19.1 Å². The molecule has 0 aliphatic heterocycles. The maximum Gasteiger partial charge on any atom is 0.210 e. The standard InChI is InChI=1S/C30H24ClNO3S2.C5H10O/c1-35-32-28(19-20-36-25-17-11-24(31)12-18-25)30(34)23-9-15-27(16-10-23)37-26-13-7-22(8-14-26)29(33)21-5-3-2-4-6-21;1-5(2,3)4-6/h2-18H,19-20H2,1H3;4H,1-3H3/b32-28+;. The quantitative estimate of drug-likeness (QED) is 0.0540. The highest BCUT2D eigenvalue weighted by Crippen LogP contribution is 2.29. The first kappa shape index (κ1) is 33.8. The number of Topliss-reactive ketones (excluding diaryl/α,β-unsaturated/α-hetero) is 1. The van der Waals surface area contributed by atoms with Crippen LogP contribution in [0, 0.1) is 5.41 Å². The largest absolute Gasteiger partial charge is 0.399 e. The summed E-state index contributed by atoms with van der Waals surface area (Å²) in [4.78, 5) is 43.5. The number of nitrogens with zero attached hydrogens (tertiary/aromatic N) is 1. The Balaban J connectivity index is 0.000000765. The van der Waals surface area contributed by atoms with Crippen LogP contribution in [0.5, 0.6) is 0 Å². The molecule has 0 aliphatic rings. The summed E-state index contributed by atoms with van der Waals surface area (Å²) in [5.41, 5.74) is 2.11. The first-order valence-electron chi connectivity index (χ1n) is 13.6. The second-order valence-corrected chi connectivity index (χ2v) is 13.2. The van der Waals surface area contributed by atoms with E-state index in [1.807, 2.05) is 112 Å². The van der Waals surface area contributed by atoms with Crippen molar-refractivity contribution in [1.82, 2.24) is 0 Å². The zero-order valence-electron chi connectivity index (χ0n) is 24.6. The van der Waals surface area contributed by atoms with Crippen molar-refractivity contribution in [2.24, 2.45) is 10.6 Å². The molecule has 0 amide bonds. The zero-order valence-corrected chi connectivity index (χ0v) is 27.0. The molecular formula is C35H34ClNO4S2. The predicted molar refractivity (Wildman–Crippen MR) is 178 cm³/mol. The van der Waals surface area contributed by atoms with E-state index >= 15 is 0 Å². The van der Waals surface area contributed by atoms with Crippen molar-refractivity contribution in [3.63, 3.8) is 0 Å². The highest BCUT2D eigenvalue weighted by molar-refractivity contribution is 7.99. The Morgan fingerprint density at radius 2 is 1.26 bits per heavy atom. The third-order valence-electron chi connectivity index (χ3n) is 5.74. The minimum absolute atomic E-state index is 0.000100. The molecule has 0 saturated carbocycles. The van der Waals surface area contributed by atoms with Gasteiger partial charge in [-0.15, -0.1) is 11.8 Å². The van der Waals surface area contributed by atoms with Gasteiger partial charge in [0.2, 0.25) is 5.78 Å². The first-order valence-corrected chi connectivity index (χ1v) is 15.7. The number of hydrogen-bond acceptors (Lipinski definition) is 7. The number of thioether (sulfide) groups is 1. The van der Waals surface area contributed by atoms with Crippen LogP contribution in [0.1, 0.15) is 53.5 Å². The summed E-state index contributed by atoms with van der Waals surface area (Å²) in [7, 11) is 1.44. The van der Waals surface area contributed by atoms with Crippen LogP contribution in [0.2, 0.25) is 5.02 Å². The van der Waals surface area contributed by atoms with Gasteiger partial charge in [0.05, 0.1) is 0 Å². The Labute approximate surface area is 267 Å². The fraction of sp³-hybridized carbons (Fsp3) is 0.200. The Bertz CT molecular complexity index is 1510. The van der Waals surface area contributed by atoms with Gasteiger partial charge in [0.25, 0.3) is 0 Å². The van der Waals surface area contributed by atoms with E-state index in [4.69, 9.17) is 16.4 Å². The average molecular weight is 632 g/mol. The Hall–Kier alpha value is -3.65. The summed E-state index contributed by atoms with van der Waals surface area (Å²) in [6.07, 6.45) is 1.41. The van der Waals surface area contributed by atoms with Crippen LogP contribution >= 0.6 is 35.1 Å². The molecule has 0 saturated heterocycles. The fourth-order valence-electron chi connectivity index (χ4n) is 3.51. The topological polar surface area (TPSA) is 72.8 Å². The van der Waals surface area contributed by atoms with E-state index in [1.54, 1.807) is 35.7 Å². The van der Waals surface area contributed by atoms with Crippen LogP contribution in [-0.2, 0) is 9.63 Å². The van der Waals surface area contributed by atoms with Gasteiger partial charge in [-0.25, -0.2) is 0 Å². The molecule has 0 heterocycles. The SMILES string of the molecule is CC(C)(C)C=O.CO/N=C(\CCSc1ccc(Cl)cc1)C(=O)c1ccc(Sc2ccc(C(=O)c3ccccc3)cc2)cc1. The molecule has 4 aromatic rings. The number of oxime groups is 1. The number of aldehydes is 1. The summed E-state index contributed by atoms with van der Waals surface area (Å²) in [5, 5.41) is 4.67. The normalized spacial score (nSPS) is 11.2. The van der Waals surface area contributed by atoms with Crippen LogP contribution in [0.3, 0.4) is 0 Å². The van der Waals surface area contributed by atoms with Gasteiger partial charge in [0.15, 0.2) is 5.78 Å². The van der Waals surface area contributed by atoms with Crippen molar-refractivity contribution in [3.8, 4) is 0 Å². The molecule has 0 bridgehead atoms. The molecule has 0 aliphatic carbocycles. The van der Waals surface area contributed by atoms with Crippen molar-refractivity contribution in [2.75, 3.05) is 12.9 Å². The van der Waals surface area contributed by atoms with Crippen molar-refractivity contribution < 1.29 is 19.2 Å². The summed E-state index contributed by atoms with van der Waals surface area (Å²) < 4.78 is 0. The van der Waals surface area contributed by atoms with Crippen molar-refractivity contribution in [1.29, 1.82) is 0 Å². The van der Waals surface area contributed by atoms with Gasteiger partial charge in [-0.3, -0.25) is 9.59 Å². The summed E-state index contributed by atoms with van der Waals surface area (Å²) in [6.45, 7) is 5.62. The van der Waals surface area contributed by atoms with Crippen LogP contribution in [0.15, 0.2) is 123 Å². The first-order chi connectivity index (χ1) is 20.6. The Kier molecular flexibility index (Phi) is 13.3. The maximum absolute atomic E-state index is 13.0. The minimum Gasteiger partial charge on any atom is -0.399 e. The monoisotopic (exact) mass is 631 g/mol. The average Bonchev–Trinajstić information content (AvgIpc) is 3.02. The van der Waals surface area contributed by atoms with Crippen LogP contribution in [0.4, 0.5) is 0 Å². The number of ketones is 2. The number of halogens is 1. The van der Waals surface area contributed by atoms with Crippen molar-refractivity contribution in [2.45, 2.75) is 41.9 Å². The van der Waals surface area contributed by atoms with E-state index in [1.165, 1.54) is 7.11 Å². The predicted octanol–water partition coefficient (Wildman–Crippen LogP) is 9.32. The number of benzene rings is 4. The lowest BCUT2D eigenvalue weighted by atomic mass is 10.0. The molecule has 8 heteroatoms. The van der Waals surface area contributed by atoms with E-state index in [-0.39, 0.29) is 17.0 Å². The van der Waals surface area contributed by atoms with Crippen molar-refractivity contribution in [3.05, 3.63) is 125 Å². The summed E-state index contributed by atoms with van der Waals surface area (Å²) in [5.74, 6) is 0.533. The molecule has 5 nitrogen and oxygen atoms in total. The van der Waals surface area contributed by atoms with E-state index in [2.05, 4.69) is 5.16 Å². The molecule has 0 atom stereocenters. The van der Waals surface area contributed by atoms with Gasteiger partial charge in [-0.2, -0.15) is 0 Å². The molecular weight excluding hydrogens is 598 g/mol. The lowest BCUT2D eigenvalue weighted by molar-refractivity contribution is -0.113. The van der Waals surface area contributed by atoms with Gasteiger partial charge in [-0.05, 0) is 72.8 Å². The smallest absolute Gasteiger partial charge is 0.210 e. The van der Waals surface area contributed by atoms with Crippen LogP contribution < -0.4 is 0 Å². The molecule has 0 spiro atoms. The summed E-state index contributed by atoms with van der Waals surface area (Å²) >= 11 is 9.13. The fourth-order valence-corrected chi connectivity index (χ4v) is 5.32. The van der Waals surface area contributed by atoms with Gasteiger partial charge >= 0.3 is 0 Å². The van der Waals surface area contributed by atoms with Gasteiger partial charge < -0.3 is 9.63 Å². The van der Waals surface area contributed by atoms with Crippen LogP contribution in [0.25, 0.3) is 0 Å². The number of rotatable bonds is 11. The number of carbonyl (C=O) groups is 3. The van der Waals surface area contributed by atoms with E-state index in [0.717, 1.165) is 21.0 Å².